The fourth-order valence-corrected chi connectivity index (χ4v) is 4.39. The fourth-order valence-electron chi connectivity index (χ4n) is 4.39. The molecule has 24 heavy (non-hydrogen) atoms. The van der Waals surface area contributed by atoms with Crippen molar-refractivity contribution in [1.82, 2.24) is 10.2 Å². The van der Waals surface area contributed by atoms with Crippen LogP contribution in [-0.2, 0) is 11.3 Å². The zero-order valence-corrected chi connectivity index (χ0v) is 14.2. The van der Waals surface area contributed by atoms with E-state index in [-0.39, 0.29) is 0 Å². The molecule has 2 aliphatic heterocycles. The van der Waals surface area contributed by atoms with Crippen LogP contribution >= 0.6 is 0 Å². The number of benzene rings is 1. The SMILES string of the molecule is N#Cc1ccc(NC2CC3(CCNC3)C2)cc1CN1CCOCC1. The molecule has 4 rings (SSSR count). The van der Waals surface area contributed by atoms with Crippen LogP contribution in [0.5, 0.6) is 0 Å². The highest BCUT2D eigenvalue weighted by molar-refractivity contribution is 5.53. The van der Waals surface area contributed by atoms with Gasteiger partial charge in [-0.25, -0.2) is 0 Å². The monoisotopic (exact) mass is 326 g/mol. The van der Waals surface area contributed by atoms with Crippen LogP contribution in [0.15, 0.2) is 18.2 Å². The predicted octanol–water partition coefficient (Wildman–Crippen LogP) is 1.94. The Morgan fingerprint density at radius 3 is 2.88 bits per heavy atom. The minimum atomic E-state index is 0.556. The van der Waals surface area contributed by atoms with Gasteiger partial charge in [0.1, 0.15) is 0 Å². The van der Waals surface area contributed by atoms with Crippen molar-refractivity contribution in [3.63, 3.8) is 0 Å². The van der Waals surface area contributed by atoms with Crippen molar-refractivity contribution >= 4 is 5.69 Å². The summed E-state index contributed by atoms with van der Waals surface area (Å²) in [5.74, 6) is 0. The predicted molar refractivity (Wildman–Crippen MR) is 93.8 cm³/mol. The molecule has 2 heterocycles. The minimum absolute atomic E-state index is 0.556. The molecule has 0 atom stereocenters. The van der Waals surface area contributed by atoms with E-state index in [9.17, 15) is 5.26 Å². The lowest BCUT2D eigenvalue weighted by Crippen LogP contribution is -2.46. The van der Waals surface area contributed by atoms with Gasteiger partial charge < -0.3 is 15.4 Å². The first-order valence-electron chi connectivity index (χ1n) is 9.07. The van der Waals surface area contributed by atoms with Gasteiger partial charge in [-0.15, -0.1) is 0 Å². The summed E-state index contributed by atoms with van der Waals surface area (Å²) in [5, 5.41) is 16.6. The first-order valence-corrected chi connectivity index (χ1v) is 9.07. The highest BCUT2D eigenvalue weighted by Gasteiger charge is 2.45. The van der Waals surface area contributed by atoms with Crippen LogP contribution in [0.1, 0.15) is 30.4 Å². The average Bonchev–Trinajstić information content (AvgIpc) is 3.06. The Balaban J connectivity index is 1.40. The molecule has 0 amide bonds. The molecule has 0 bridgehead atoms. The molecule has 1 aromatic carbocycles. The van der Waals surface area contributed by atoms with E-state index in [0.717, 1.165) is 49.7 Å². The molecule has 5 nitrogen and oxygen atoms in total. The molecule has 1 aliphatic carbocycles. The molecule has 2 saturated heterocycles. The standard InChI is InChI=1S/C19H26N4O/c20-12-15-1-2-17(9-16(15)13-23-5-7-24-8-6-23)22-18-10-19(11-18)3-4-21-14-19/h1-2,9,18,21-22H,3-8,10-11,13-14H2. The summed E-state index contributed by atoms with van der Waals surface area (Å²) in [6.07, 6.45) is 3.85. The number of nitrogens with one attached hydrogen (secondary N) is 2. The first-order chi connectivity index (χ1) is 11.8. The molecule has 3 fully saturated rings. The second-order valence-corrected chi connectivity index (χ2v) is 7.55. The van der Waals surface area contributed by atoms with Gasteiger partial charge in [-0.2, -0.15) is 5.26 Å². The van der Waals surface area contributed by atoms with Crippen molar-refractivity contribution < 1.29 is 4.74 Å². The zero-order valence-electron chi connectivity index (χ0n) is 14.2. The molecule has 0 unspecified atom stereocenters. The maximum absolute atomic E-state index is 9.40. The number of hydrogen-bond acceptors (Lipinski definition) is 5. The van der Waals surface area contributed by atoms with Gasteiger partial charge in [0.05, 0.1) is 24.8 Å². The van der Waals surface area contributed by atoms with Crippen molar-refractivity contribution in [2.24, 2.45) is 5.41 Å². The third-order valence-electron chi connectivity index (χ3n) is 5.79. The van der Waals surface area contributed by atoms with Gasteiger partial charge in [-0.05, 0) is 55.0 Å². The molecule has 2 N–H and O–H groups in total. The molecule has 0 radical (unpaired) electrons. The zero-order chi connectivity index (χ0) is 16.4. The quantitative estimate of drug-likeness (QED) is 0.885. The van der Waals surface area contributed by atoms with Gasteiger partial charge in [-0.1, -0.05) is 0 Å². The highest BCUT2D eigenvalue weighted by atomic mass is 16.5. The summed E-state index contributed by atoms with van der Waals surface area (Å²) in [6, 6.07) is 9.11. The van der Waals surface area contributed by atoms with Crippen LogP contribution in [0.25, 0.3) is 0 Å². The van der Waals surface area contributed by atoms with Crippen molar-refractivity contribution in [3.05, 3.63) is 29.3 Å². The van der Waals surface area contributed by atoms with Crippen LogP contribution < -0.4 is 10.6 Å². The lowest BCUT2D eigenvalue weighted by Gasteiger charge is -2.45. The number of hydrogen-bond donors (Lipinski definition) is 2. The summed E-state index contributed by atoms with van der Waals surface area (Å²) < 4.78 is 5.41. The van der Waals surface area contributed by atoms with E-state index < -0.39 is 0 Å². The Morgan fingerprint density at radius 2 is 2.17 bits per heavy atom. The number of nitriles is 1. The molecular formula is C19H26N4O. The summed E-state index contributed by atoms with van der Waals surface area (Å²) in [6.45, 7) is 6.66. The number of rotatable bonds is 4. The van der Waals surface area contributed by atoms with Crippen LogP contribution in [0.4, 0.5) is 5.69 Å². The third-order valence-corrected chi connectivity index (χ3v) is 5.79. The normalized spacial score (nSPS) is 30.0. The van der Waals surface area contributed by atoms with Crippen molar-refractivity contribution in [3.8, 4) is 6.07 Å². The molecule has 1 saturated carbocycles. The maximum atomic E-state index is 9.40. The Bertz CT molecular complexity index is 619. The van der Waals surface area contributed by atoms with Crippen LogP contribution in [0, 0.1) is 16.7 Å². The number of anilines is 1. The molecular weight excluding hydrogens is 300 g/mol. The summed E-state index contributed by atoms with van der Waals surface area (Å²) in [5.41, 5.74) is 3.63. The number of morpholine rings is 1. The molecule has 0 aromatic heterocycles. The highest BCUT2D eigenvalue weighted by Crippen LogP contribution is 2.46. The van der Waals surface area contributed by atoms with Crippen LogP contribution in [0.3, 0.4) is 0 Å². The Kier molecular flexibility index (Phi) is 4.45. The largest absolute Gasteiger partial charge is 0.382 e. The average molecular weight is 326 g/mol. The van der Waals surface area contributed by atoms with E-state index in [2.05, 4.69) is 33.7 Å². The summed E-state index contributed by atoms with van der Waals surface area (Å²) in [4.78, 5) is 2.37. The summed E-state index contributed by atoms with van der Waals surface area (Å²) in [7, 11) is 0. The number of ether oxygens (including phenoxy) is 1. The van der Waals surface area contributed by atoms with E-state index in [1.807, 2.05) is 6.07 Å². The van der Waals surface area contributed by atoms with Crippen molar-refractivity contribution in [2.45, 2.75) is 31.8 Å². The second-order valence-electron chi connectivity index (χ2n) is 7.55. The Morgan fingerprint density at radius 1 is 1.33 bits per heavy atom. The summed E-state index contributed by atoms with van der Waals surface area (Å²) >= 11 is 0. The molecule has 5 heteroatoms. The maximum Gasteiger partial charge on any atom is 0.0995 e. The van der Waals surface area contributed by atoms with Gasteiger partial charge in [0.25, 0.3) is 0 Å². The number of nitrogens with zero attached hydrogens (tertiary/aromatic N) is 2. The second kappa shape index (κ2) is 6.72. The molecule has 3 aliphatic rings. The van der Waals surface area contributed by atoms with Gasteiger partial charge in [-0.3, -0.25) is 4.90 Å². The first kappa shape index (κ1) is 15.9. The van der Waals surface area contributed by atoms with E-state index in [1.165, 1.54) is 32.4 Å². The van der Waals surface area contributed by atoms with Gasteiger partial charge >= 0.3 is 0 Å². The topological polar surface area (TPSA) is 60.3 Å². The molecule has 1 spiro atoms. The van der Waals surface area contributed by atoms with E-state index in [4.69, 9.17) is 4.74 Å². The Hall–Kier alpha value is -1.61. The molecule has 128 valence electrons. The minimum Gasteiger partial charge on any atom is -0.382 e. The van der Waals surface area contributed by atoms with Crippen LogP contribution in [-0.4, -0.2) is 50.3 Å². The fraction of sp³-hybridized carbons (Fsp3) is 0.632. The van der Waals surface area contributed by atoms with Gasteiger partial charge in [0, 0.05) is 37.9 Å². The Labute approximate surface area is 144 Å². The van der Waals surface area contributed by atoms with Crippen LogP contribution in [0.2, 0.25) is 0 Å². The van der Waals surface area contributed by atoms with Crippen molar-refractivity contribution in [1.29, 1.82) is 5.26 Å². The van der Waals surface area contributed by atoms with Crippen molar-refractivity contribution in [2.75, 3.05) is 44.7 Å². The lowest BCUT2D eigenvalue weighted by molar-refractivity contribution is 0.0341. The smallest absolute Gasteiger partial charge is 0.0995 e. The van der Waals surface area contributed by atoms with E-state index in [1.54, 1.807) is 0 Å². The third kappa shape index (κ3) is 3.27. The lowest BCUT2D eigenvalue weighted by atomic mass is 9.65. The van der Waals surface area contributed by atoms with E-state index >= 15 is 0 Å². The molecule has 1 aromatic rings. The van der Waals surface area contributed by atoms with E-state index in [0.29, 0.717) is 11.5 Å². The van der Waals surface area contributed by atoms with Gasteiger partial charge in [0.2, 0.25) is 0 Å². The van der Waals surface area contributed by atoms with Gasteiger partial charge in [0.15, 0.2) is 0 Å².